The summed E-state index contributed by atoms with van der Waals surface area (Å²) in [6, 6.07) is 7.75. The Morgan fingerprint density at radius 3 is 2.74 bits per heavy atom. The molecule has 0 aliphatic heterocycles. The lowest BCUT2D eigenvalue weighted by molar-refractivity contribution is 0.0531. The fraction of sp³-hybridized carbons (Fsp3) is 0.238. The Balaban J connectivity index is 1.57. The molecule has 8 nitrogen and oxygen atoms in total. The van der Waals surface area contributed by atoms with Crippen molar-refractivity contribution in [2.45, 2.75) is 24.8 Å². The number of aryl methyl sites for hydroxylation is 1. The Labute approximate surface area is 187 Å². The third-order valence-electron chi connectivity index (χ3n) is 4.61. The number of thioether (sulfide) groups is 1. The van der Waals surface area contributed by atoms with Crippen LogP contribution in [0.2, 0.25) is 0 Å². The molecule has 0 saturated heterocycles. The summed E-state index contributed by atoms with van der Waals surface area (Å²) in [4.78, 5) is 26.9. The largest absolute Gasteiger partial charge is 0.497 e. The summed E-state index contributed by atoms with van der Waals surface area (Å²) in [6.07, 6.45) is 3.65. The van der Waals surface area contributed by atoms with E-state index in [-0.39, 0.29) is 5.97 Å². The number of carbonyl (C=O) groups is 1. The van der Waals surface area contributed by atoms with E-state index in [1.54, 1.807) is 20.2 Å². The van der Waals surface area contributed by atoms with Crippen molar-refractivity contribution in [3.05, 3.63) is 52.9 Å². The van der Waals surface area contributed by atoms with Crippen LogP contribution in [0.4, 0.5) is 5.82 Å². The third kappa shape index (κ3) is 4.21. The van der Waals surface area contributed by atoms with Gasteiger partial charge in [0.15, 0.2) is 5.16 Å². The van der Waals surface area contributed by atoms with Crippen LogP contribution in [0.1, 0.15) is 28.0 Å². The number of imidazole rings is 1. The van der Waals surface area contributed by atoms with E-state index < -0.39 is 0 Å². The number of hydrogen-bond donors (Lipinski definition) is 1. The quantitative estimate of drug-likeness (QED) is 0.326. The Kier molecular flexibility index (Phi) is 6.10. The van der Waals surface area contributed by atoms with Gasteiger partial charge >= 0.3 is 5.97 Å². The Hall–Kier alpha value is -3.11. The van der Waals surface area contributed by atoms with Gasteiger partial charge in [0, 0.05) is 18.1 Å². The summed E-state index contributed by atoms with van der Waals surface area (Å²) < 4.78 is 12.3. The number of benzene rings is 1. The highest BCUT2D eigenvalue weighted by Gasteiger charge is 2.20. The summed E-state index contributed by atoms with van der Waals surface area (Å²) >= 11 is 2.79. The van der Waals surface area contributed by atoms with Crippen LogP contribution in [0.3, 0.4) is 0 Å². The first-order valence-electron chi connectivity index (χ1n) is 9.55. The molecule has 0 aliphatic rings. The summed E-state index contributed by atoms with van der Waals surface area (Å²) in [7, 11) is 1.64. The summed E-state index contributed by atoms with van der Waals surface area (Å²) in [5, 5.41) is 1.52. The van der Waals surface area contributed by atoms with Crippen LogP contribution < -0.4 is 10.5 Å². The summed E-state index contributed by atoms with van der Waals surface area (Å²) in [5.41, 5.74) is 7.94. The Morgan fingerprint density at radius 1 is 1.26 bits per heavy atom. The van der Waals surface area contributed by atoms with Gasteiger partial charge in [-0.3, -0.25) is 4.57 Å². The average molecular weight is 456 g/mol. The van der Waals surface area contributed by atoms with E-state index in [1.165, 1.54) is 23.1 Å². The maximum atomic E-state index is 12.2. The normalized spacial score (nSPS) is 11.1. The molecule has 0 saturated carbocycles. The lowest BCUT2D eigenvalue weighted by Gasteiger charge is -2.08. The van der Waals surface area contributed by atoms with Gasteiger partial charge in [-0.2, -0.15) is 0 Å². The van der Waals surface area contributed by atoms with Crippen LogP contribution >= 0.6 is 23.1 Å². The van der Waals surface area contributed by atoms with Crippen molar-refractivity contribution in [3.8, 4) is 11.4 Å². The zero-order valence-corrected chi connectivity index (χ0v) is 18.9. The first-order valence-corrected chi connectivity index (χ1v) is 11.3. The fourth-order valence-electron chi connectivity index (χ4n) is 3.14. The molecule has 0 spiro atoms. The van der Waals surface area contributed by atoms with E-state index in [1.807, 2.05) is 42.0 Å². The topological polar surface area (TPSA) is 105 Å². The summed E-state index contributed by atoms with van der Waals surface area (Å²) in [5.74, 6) is 1.86. The van der Waals surface area contributed by atoms with Crippen molar-refractivity contribution in [1.82, 2.24) is 19.5 Å². The average Bonchev–Trinajstić information content (AvgIpc) is 3.37. The number of rotatable bonds is 7. The maximum Gasteiger partial charge on any atom is 0.348 e. The van der Waals surface area contributed by atoms with Gasteiger partial charge in [-0.25, -0.2) is 19.7 Å². The highest BCUT2D eigenvalue weighted by molar-refractivity contribution is 7.98. The Morgan fingerprint density at radius 2 is 2.03 bits per heavy atom. The molecule has 1 aromatic carbocycles. The first-order chi connectivity index (χ1) is 15.0. The zero-order chi connectivity index (χ0) is 22.0. The van der Waals surface area contributed by atoms with Crippen LogP contribution in [0.15, 0.2) is 41.8 Å². The molecule has 2 N–H and O–H groups in total. The monoisotopic (exact) mass is 455 g/mol. The van der Waals surface area contributed by atoms with E-state index in [2.05, 4.69) is 15.0 Å². The van der Waals surface area contributed by atoms with Crippen molar-refractivity contribution in [2.75, 3.05) is 19.5 Å². The highest BCUT2D eigenvalue weighted by Crippen LogP contribution is 2.34. The van der Waals surface area contributed by atoms with Crippen molar-refractivity contribution in [1.29, 1.82) is 0 Å². The van der Waals surface area contributed by atoms with Crippen molar-refractivity contribution < 1.29 is 14.3 Å². The number of hydrogen-bond acceptors (Lipinski definition) is 9. The van der Waals surface area contributed by atoms with Gasteiger partial charge in [0.25, 0.3) is 0 Å². The molecule has 10 heteroatoms. The molecule has 160 valence electrons. The summed E-state index contributed by atoms with van der Waals surface area (Å²) in [6.45, 7) is 3.93. The Bertz CT molecular complexity index is 1230. The van der Waals surface area contributed by atoms with Gasteiger partial charge in [-0.1, -0.05) is 11.8 Å². The molecule has 3 aromatic heterocycles. The number of carbonyl (C=O) groups excluding carboxylic acids is 1. The number of nitrogens with zero attached hydrogens (tertiary/aromatic N) is 4. The second-order valence-electron chi connectivity index (χ2n) is 6.55. The molecule has 0 bridgehead atoms. The highest BCUT2D eigenvalue weighted by atomic mass is 32.2. The molecule has 0 aliphatic carbocycles. The SMILES string of the molecule is CCOC(=O)c1sc2nc(CSc3nccn3-c3ccc(OC)cc3)nc(N)c2c1C. The fourth-order valence-corrected chi connectivity index (χ4v) is 5.07. The van der Waals surface area contributed by atoms with Gasteiger partial charge in [-0.15, -0.1) is 11.3 Å². The second-order valence-corrected chi connectivity index (χ2v) is 8.49. The molecule has 0 amide bonds. The van der Waals surface area contributed by atoms with Crippen molar-refractivity contribution in [3.63, 3.8) is 0 Å². The third-order valence-corrected chi connectivity index (χ3v) is 6.74. The molecule has 0 radical (unpaired) electrons. The molecule has 3 heterocycles. The minimum atomic E-state index is -0.361. The number of thiophene rings is 1. The van der Waals surface area contributed by atoms with E-state index in [9.17, 15) is 4.79 Å². The second kappa shape index (κ2) is 8.94. The van der Waals surface area contributed by atoms with Gasteiger partial charge in [-0.05, 0) is 43.7 Å². The molecular formula is C21H21N5O3S2. The molecule has 4 rings (SSSR count). The number of nitrogen functional groups attached to an aromatic ring is 1. The van der Waals surface area contributed by atoms with E-state index in [0.717, 1.165) is 22.2 Å². The number of methoxy groups -OCH3 is 1. The van der Waals surface area contributed by atoms with E-state index >= 15 is 0 Å². The van der Waals surface area contributed by atoms with Gasteiger partial charge in [0.1, 0.15) is 27.1 Å². The standard InChI is InChI=1S/C21H21N5O3S2/c1-4-29-20(27)17-12(2)16-18(22)24-15(25-19(16)31-17)11-30-21-23-9-10-26(21)13-5-7-14(28-3)8-6-13/h5-10H,4,11H2,1-3H3,(H2,22,24,25). The minimum absolute atomic E-state index is 0.316. The predicted octanol–water partition coefficient (Wildman–Crippen LogP) is 4.25. The number of nitrogens with two attached hydrogens (primary N) is 1. The minimum Gasteiger partial charge on any atom is -0.497 e. The number of esters is 1. The van der Waals surface area contributed by atoms with Gasteiger partial charge in [0.05, 0.1) is 24.9 Å². The van der Waals surface area contributed by atoms with Gasteiger partial charge in [0.2, 0.25) is 0 Å². The predicted molar refractivity (Wildman–Crippen MR) is 122 cm³/mol. The number of anilines is 1. The molecular weight excluding hydrogens is 434 g/mol. The van der Waals surface area contributed by atoms with Crippen LogP contribution in [0.25, 0.3) is 15.9 Å². The van der Waals surface area contributed by atoms with Crippen LogP contribution in [-0.2, 0) is 10.5 Å². The number of ether oxygens (including phenoxy) is 2. The van der Waals surface area contributed by atoms with Crippen LogP contribution in [0, 0.1) is 6.92 Å². The van der Waals surface area contributed by atoms with Gasteiger partial charge < -0.3 is 15.2 Å². The smallest absolute Gasteiger partial charge is 0.348 e. The first kappa shape index (κ1) is 21.1. The van der Waals surface area contributed by atoms with Crippen molar-refractivity contribution in [2.24, 2.45) is 0 Å². The lowest BCUT2D eigenvalue weighted by atomic mass is 10.2. The van der Waals surface area contributed by atoms with Crippen molar-refractivity contribution >= 4 is 45.1 Å². The van der Waals surface area contributed by atoms with Crippen LogP contribution in [-0.4, -0.2) is 39.2 Å². The molecule has 0 atom stereocenters. The number of aromatic nitrogens is 4. The molecule has 0 fully saturated rings. The molecule has 0 unspecified atom stereocenters. The molecule has 4 aromatic rings. The van der Waals surface area contributed by atoms with E-state index in [4.69, 9.17) is 15.2 Å². The zero-order valence-electron chi connectivity index (χ0n) is 17.3. The van der Waals surface area contributed by atoms with Crippen LogP contribution in [0.5, 0.6) is 5.75 Å². The number of fused-ring (bicyclic) bond motifs is 1. The lowest BCUT2D eigenvalue weighted by Crippen LogP contribution is -2.04. The molecule has 31 heavy (non-hydrogen) atoms. The van der Waals surface area contributed by atoms with E-state index in [0.29, 0.717) is 39.1 Å². The maximum absolute atomic E-state index is 12.2.